The van der Waals surface area contributed by atoms with Crippen LogP contribution < -0.4 is 10.2 Å². The second-order valence-corrected chi connectivity index (χ2v) is 14.1. The fourth-order valence-corrected chi connectivity index (χ4v) is 8.48. The topological polar surface area (TPSA) is 40.0 Å². The molecule has 1 atom stereocenters. The largest absolute Gasteiger partial charge is 0.325 e. The van der Waals surface area contributed by atoms with Crippen LogP contribution in [0.4, 0.5) is 11.4 Å². The second-order valence-electron chi connectivity index (χ2n) is 13.0. The van der Waals surface area contributed by atoms with Crippen LogP contribution in [0.1, 0.15) is 55.1 Å². The molecule has 4 nitrogen and oxygen atoms in total. The fourth-order valence-electron chi connectivity index (χ4n) is 7.40. The zero-order valence-corrected chi connectivity index (χ0v) is 27.3. The normalized spacial score (nSPS) is 18.4. The molecular formula is C42H34N4S. The van der Waals surface area contributed by atoms with Gasteiger partial charge in [0.2, 0.25) is 0 Å². The van der Waals surface area contributed by atoms with E-state index in [9.17, 15) is 0 Å². The number of hydrogen-bond donors (Lipinski definition) is 1. The molecule has 1 aromatic heterocycles. The first-order chi connectivity index (χ1) is 23.0. The maximum absolute atomic E-state index is 5.19. The molecule has 47 heavy (non-hydrogen) atoms. The number of anilines is 2. The van der Waals surface area contributed by atoms with E-state index < -0.39 is 0 Å². The first-order valence-electron chi connectivity index (χ1n) is 16.3. The highest BCUT2D eigenvalue weighted by atomic mass is 32.1. The summed E-state index contributed by atoms with van der Waals surface area (Å²) in [6.45, 7) is 4.67. The molecule has 1 aliphatic carbocycles. The van der Waals surface area contributed by atoms with Crippen LogP contribution in [0.25, 0.3) is 20.2 Å². The van der Waals surface area contributed by atoms with Gasteiger partial charge in [-0.3, -0.25) is 0 Å². The number of nitrogens with zero attached hydrogens (tertiary/aromatic N) is 3. The maximum Gasteiger partial charge on any atom is 0.169 e. The maximum atomic E-state index is 5.19. The lowest BCUT2D eigenvalue weighted by atomic mass is 9.73. The third-order valence-corrected chi connectivity index (χ3v) is 11.0. The summed E-state index contributed by atoms with van der Waals surface area (Å²) >= 11 is 1.84. The molecular weight excluding hydrogens is 593 g/mol. The van der Waals surface area contributed by atoms with E-state index in [-0.39, 0.29) is 11.6 Å². The predicted octanol–water partition coefficient (Wildman–Crippen LogP) is 10.6. The number of allylic oxidation sites excluding steroid dienone is 3. The van der Waals surface area contributed by atoms with Crippen molar-refractivity contribution >= 4 is 54.6 Å². The number of rotatable bonds is 4. The van der Waals surface area contributed by atoms with Gasteiger partial charge in [-0.25, -0.2) is 9.98 Å². The quantitative estimate of drug-likeness (QED) is 0.211. The van der Waals surface area contributed by atoms with Crippen LogP contribution in [0.15, 0.2) is 155 Å². The molecule has 1 unspecified atom stereocenters. The summed E-state index contributed by atoms with van der Waals surface area (Å²) in [5, 5.41) is 6.23. The van der Waals surface area contributed by atoms with Gasteiger partial charge in [0.25, 0.3) is 0 Å². The first-order valence-corrected chi connectivity index (χ1v) is 17.1. The number of para-hydroxylation sites is 2. The van der Waals surface area contributed by atoms with Crippen LogP contribution in [0.5, 0.6) is 0 Å². The van der Waals surface area contributed by atoms with Crippen LogP contribution in [0.3, 0.4) is 0 Å². The van der Waals surface area contributed by atoms with Gasteiger partial charge < -0.3 is 10.2 Å². The minimum atomic E-state index is -0.313. The number of amidine groups is 2. The molecule has 2 aliphatic heterocycles. The summed E-state index contributed by atoms with van der Waals surface area (Å²) < 4.78 is 2.59. The number of aliphatic imine (C=N–C) groups is 2. The summed E-state index contributed by atoms with van der Waals surface area (Å²) in [6, 6.07) is 43.5. The Kier molecular flexibility index (Phi) is 6.51. The number of thiophene rings is 1. The standard InChI is InChI=1S/C42H34N4S/c1-42(2)33-15-7-9-17-35(33)46(36-18-10-8-16-34(36)42)30-23-20-28(21-24-30)40-43-39(27-12-4-3-5-13-27)44-41(45-40)29-22-25-38-32(26-29)31-14-6-11-19-37(31)47-38/h3-20,22-23,25-26,39H,21,24H2,1-2H3,(H,43,44,45). The molecule has 228 valence electrons. The SMILES string of the molecule is CC1(C)c2ccccc2N(C2=CC=C(C3=NC(c4ccccc4)N=C(c4ccc5sc6ccccc6c5c4)N3)CC2)c2ccccc21. The van der Waals surface area contributed by atoms with Crippen molar-refractivity contribution in [3.63, 3.8) is 0 Å². The Bertz CT molecular complexity index is 2270. The molecule has 0 amide bonds. The van der Waals surface area contributed by atoms with Crippen molar-refractivity contribution in [1.29, 1.82) is 0 Å². The monoisotopic (exact) mass is 626 g/mol. The highest BCUT2D eigenvalue weighted by Gasteiger charge is 2.37. The Morgan fingerprint density at radius 3 is 2.06 bits per heavy atom. The smallest absolute Gasteiger partial charge is 0.169 e. The molecule has 1 N–H and O–H groups in total. The van der Waals surface area contributed by atoms with Gasteiger partial charge in [-0.2, -0.15) is 0 Å². The van der Waals surface area contributed by atoms with E-state index in [0.717, 1.165) is 35.6 Å². The summed E-state index contributed by atoms with van der Waals surface area (Å²) in [4.78, 5) is 12.8. The Morgan fingerprint density at radius 1 is 0.660 bits per heavy atom. The molecule has 9 rings (SSSR count). The van der Waals surface area contributed by atoms with Crippen molar-refractivity contribution in [2.24, 2.45) is 9.98 Å². The van der Waals surface area contributed by atoms with Gasteiger partial charge in [0.15, 0.2) is 6.17 Å². The Morgan fingerprint density at radius 2 is 1.32 bits per heavy atom. The first kappa shape index (κ1) is 28.0. The van der Waals surface area contributed by atoms with E-state index in [4.69, 9.17) is 9.98 Å². The highest BCUT2D eigenvalue weighted by molar-refractivity contribution is 7.25. The van der Waals surface area contributed by atoms with Crippen LogP contribution in [0.2, 0.25) is 0 Å². The van der Waals surface area contributed by atoms with E-state index in [1.165, 1.54) is 53.9 Å². The van der Waals surface area contributed by atoms with Crippen molar-refractivity contribution in [2.75, 3.05) is 4.90 Å². The highest BCUT2D eigenvalue weighted by Crippen LogP contribution is 2.51. The fraction of sp³-hybridized carbons (Fsp3) is 0.143. The van der Waals surface area contributed by atoms with Gasteiger partial charge in [-0.1, -0.05) is 105 Å². The molecule has 0 radical (unpaired) electrons. The Balaban J connectivity index is 1.10. The third-order valence-electron chi connectivity index (χ3n) is 9.84. The van der Waals surface area contributed by atoms with Gasteiger partial charge in [0.1, 0.15) is 11.7 Å². The van der Waals surface area contributed by atoms with E-state index >= 15 is 0 Å². The third kappa shape index (κ3) is 4.64. The average molecular weight is 627 g/mol. The zero-order valence-electron chi connectivity index (χ0n) is 26.4. The Labute approximate surface area is 279 Å². The number of benzene rings is 5. The summed E-state index contributed by atoms with van der Waals surface area (Å²) in [5.41, 5.74) is 9.83. The lowest BCUT2D eigenvalue weighted by Crippen LogP contribution is -2.37. The Hall–Kier alpha value is -5.26. The van der Waals surface area contributed by atoms with Crippen molar-refractivity contribution < 1.29 is 0 Å². The molecule has 0 bridgehead atoms. The van der Waals surface area contributed by atoms with E-state index in [2.05, 4.69) is 151 Å². The molecule has 5 aromatic carbocycles. The summed E-state index contributed by atoms with van der Waals surface area (Å²) in [5.74, 6) is 1.76. The van der Waals surface area contributed by atoms with Gasteiger partial charge in [-0.15, -0.1) is 11.3 Å². The second kappa shape index (κ2) is 10.9. The summed E-state index contributed by atoms with van der Waals surface area (Å²) in [6.07, 6.45) is 6.03. The minimum Gasteiger partial charge on any atom is -0.325 e. The van der Waals surface area contributed by atoms with Gasteiger partial charge in [0.05, 0.1) is 0 Å². The molecule has 5 heteroatoms. The average Bonchev–Trinajstić information content (AvgIpc) is 3.50. The van der Waals surface area contributed by atoms with Gasteiger partial charge in [0, 0.05) is 48.2 Å². The van der Waals surface area contributed by atoms with E-state index in [1.807, 2.05) is 17.4 Å². The van der Waals surface area contributed by atoms with Crippen LogP contribution in [-0.4, -0.2) is 11.7 Å². The molecule has 0 saturated carbocycles. The van der Waals surface area contributed by atoms with Crippen molar-refractivity contribution in [3.05, 3.63) is 167 Å². The van der Waals surface area contributed by atoms with Crippen molar-refractivity contribution in [1.82, 2.24) is 5.32 Å². The number of nitrogens with one attached hydrogen (secondary N) is 1. The summed E-state index contributed by atoms with van der Waals surface area (Å²) in [7, 11) is 0. The predicted molar refractivity (Wildman–Crippen MR) is 198 cm³/mol. The minimum absolute atomic E-state index is 0.0683. The van der Waals surface area contributed by atoms with E-state index in [0.29, 0.717) is 0 Å². The molecule has 3 aliphatic rings. The van der Waals surface area contributed by atoms with Crippen molar-refractivity contribution in [3.8, 4) is 0 Å². The van der Waals surface area contributed by atoms with Crippen LogP contribution in [0, 0.1) is 0 Å². The van der Waals surface area contributed by atoms with Crippen LogP contribution in [-0.2, 0) is 5.41 Å². The van der Waals surface area contributed by atoms with Gasteiger partial charge >= 0.3 is 0 Å². The van der Waals surface area contributed by atoms with Crippen molar-refractivity contribution in [2.45, 2.75) is 38.3 Å². The number of hydrogen-bond acceptors (Lipinski definition) is 5. The molecule has 0 saturated heterocycles. The lowest BCUT2D eigenvalue weighted by Gasteiger charge is -2.43. The number of fused-ring (bicyclic) bond motifs is 5. The molecule has 0 fully saturated rings. The lowest BCUT2D eigenvalue weighted by molar-refractivity contribution is 0.628. The van der Waals surface area contributed by atoms with E-state index in [1.54, 1.807) is 0 Å². The molecule has 0 spiro atoms. The van der Waals surface area contributed by atoms with Gasteiger partial charge in [-0.05, 0) is 77.6 Å². The molecule has 6 aromatic rings. The van der Waals surface area contributed by atoms with Crippen LogP contribution >= 0.6 is 11.3 Å². The molecule has 3 heterocycles. The zero-order chi connectivity index (χ0) is 31.5.